The van der Waals surface area contributed by atoms with Gasteiger partial charge in [-0.1, -0.05) is 78.9 Å². The van der Waals surface area contributed by atoms with E-state index in [4.69, 9.17) is 0 Å². The van der Waals surface area contributed by atoms with Crippen LogP contribution in [0, 0.1) is 11.8 Å². The van der Waals surface area contributed by atoms with Crippen molar-refractivity contribution in [3.8, 4) is 11.1 Å². The summed E-state index contributed by atoms with van der Waals surface area (Å²) >= 11 is 0. The van der Waals surface area contributed by atoms with Gasteiger partial charge < -0.3 is 0 Å². The number of allylic oxidation sites excluding steroid dienone is 6. The molecule has 3 aliphatic carbocycles. The highest BCUT2D eigenvalue weighted by Gasteiger charge is 2.33. The number of hydrogen-bond acceptors (Lipinski definition) is 0. The van der Waals surface area contributed by atoms with Gasteiger partial charge in [-0.3, -0.25) is 0 Å². The maximum absolute atomic E-state index is 2.41. The lowest BCUT2D eigenvalue weighted by molar-refractivity contribution is 0.355. The Hall–Kier alpha value is -2.34. The molecule has 0 aromatic heterocycles. The number of benzene rings is 2. The fourth-order valence-electron chi connectivity index (χ4n) is 5.10. The van der Waals surface area contributed by atoms with Gasteiger partial charge >= 0.3 is 0 Å². The third kappa shape index (κ3) is 2.52. The molecule has 3 aliphatic rings. The first-order chi connectivity index (χ1) is 12.4. The highest BCUT2D eigenvalue weighted by atomic mass is 14.4. The molecule has 0 amide bonds. The summed E-state index contributed by atoms with van der Waals surface area (Å²) in [6, 6.07) is 16.0. The lowest BCUT2D eigenvalue weighted by atomic mass is 9.71. The van der Waals surface area contributed by atoms with E-state index in [1.807, 2.05) is 0 Å². The van der Waals surface area contributed by atoms with Crippen LogP contribution in [-0.2, 0) is 6.42 Å². The van der Waals surface area contributed by atoms with E-state index in [0.29, 0.717) is 11.8 Å². The molecule has 0 heterocycles. The normalized spacial score (nSPS) is 22.2. The van der Waals surface area contributed by atoms with Crippen LogP contribution >= 0.6 is 0 Å². The quantitative estimate of drug-likeness (QED) is 0.486. The third-order valence-corrected chi connectivity index (χ3v) is 6.26. The van der Waals surface area contributed by atoms with E-state index in [1.165, 1.54) is 36.0 Å². The molecule has 2 aromatic carbocycles. The van der Waals surface area contributed by atoms with Crippen molar-refractivity contribution in [3.05, 3.63) is 95.6 Å². The van der Waals surface area contributed by atoms with E-state index in [2.05, 4.69) is 78.9 Å². The Kier molecular flexibility index (Phi) is 3.70. The van der Waals surface area contributed by atoms with E-state index in [0.717, 1.165) is 12.3 Å². The summed E-state index contributed by atoms with van der Waals surface area (Å²) in [5, 5.41) is 0. The molecular formula is C25H24. The SMILES string of the molecule is C1=CC(C(c2cccc3c2Cc2ccccc2-3)C2CC=CCC2)C=C1. The fourth-order valence-corrected chi connectivity index (χ4v) is 5.10. The van der Waals surface area contributed by atoms with Gasteiger partial charge in [-0.25, -0.2) is 0 Å². The largest absolute Gasteiger partial charge is 0.0885 e. The first-order valence-corrected chi connectivity index (χ1v) is 9.62. The molecule has 0 heteroatoms. The van der Waals surface area contributed by atoms with Crippen molar-refractivity contribution in [2.45, 2.75) is 31.6 Å². The molecule has 2 aromatic rings. The van der Waals surface area contributed by atoms with Crippen molar-refractivity contribution < 1.29 is 0 Å². The molecule has 0 N–H and O–H groups in total. The van der Waals surface area contributed by atoms with Crippen LogP contribution in [0.5, 0.6) is 0 Å². The van der Waals surface area contributed by atoms with Gasteiger partial charge in [0.05, 0.1) is 0 Å². The minimum Gasteiger partial charge on any atom is -0.0885 e. The van der Waals surface area contributed by atoms with Crippen molar-refractivity contribution in [1.82, 2.24) is 0 Å². The molecule has 0 saturated heterocycles. The fraction of sp³-hybridized carbons (Fsp3) is 0.280. The van der Waals surface area contributed by atoms with E-state index in [1.54, 1.807) is 11.1 Å². The van der Waals surface area contributed by atoms with Gasteiger partial charge in [-0.2, -0.15) is 0 Å². The summed E-state index contributed by atoms with van der Waals surface area (Å²) in [5.41, 5.74) is 7.58. The molecule has 0 saturated carbocycles. The van der Waals surface area contributed by atoms with E-state index in [-0.39, 0.29) is 0 Å². The summed E-state index contributed by atoms with van der Waals surface area (Å²) in [5.74, 6) is 1.90. The number of rotatable bonds is 3. The first-order valence-electron chi connectivity index (χ1n) is 9.62. The number of hydrogen-bond donors (Lipinski definition) is 0. The molecule has 0 fully saturated rings. The summed E-state index contributed by atoms with van der Waals surface area (Å²) in [6.07, 6.45) is 18.9. The maximum atomic E-state index is 2.41. The van der Waals surface area contributed by atoms with E-state index in [9.17, 15) is 0 Å². The molecule has 0 nitrogen and oxygen atoms in total. The molecule has 0 spiro atoms. The second-order valence-corrected chi connectivity index (χ2v) is 7.62. The molecule has 124 valence electrons. The zero-order chi connectivity index (χ0) is 16.6. The molecule has 5 rings (SSSR count). The van der Waals surface area contributed by atoms with Crippen LogP contribution in [0.4, 0.5) is 0 Å². The van der Waals surface area contributed by atoms with Crippen LogP contribution in [0.1, 0.15) is 41.9 Å². The average Bonchev–Trinajstić information content (AvgIpc) is 3.31. The highest BCUT2D eigenvalue weighted by Crippen LogP contribution is 2.47. The van der Waals surface area contributed by atoms with Crippen LogP contribution in [0.3, 0.4) is 0 Å². The molecule has 0 radical (unpaired) electrons. The number of fused-ring (bicyclic) bond motifs is 3. The second-order valence-electron chi connectivity index (χ2n) is 7.62. The van der Waals surface area contributed by atoms with E-state index >= 15 is 0 Å². The van der Waals surface area contributed by atoms with Crippen LogP contribution in [0.25, 0.3) is 11.1 Å². The zero-order valence-electron chi connectivity index (χ0n) is 14.6. The Morgan fingerprint density at radius 2 is 1.68 bits per heavy atom. The Balaban J connectivity index is 1.62. The average molecular weight is 324 g/mol. The topological polar surface area (TPSA) is 0 Å². The lowest BCUT2D eigenvalue weighted by Crippen LogP contribution is -2.21. The minimum absolute atomic E-state index is 0.548. The van der Waals surface area contributed by atoms with Crippen molar-refractivity contribution in [3.63, 3.8) is 0 Å². The monoisotopic (exact) mass is 324 g/mol. The standard InChI is InChI=1S/C25H24/c1-2-9-18(10-3-1)25(19-11-4-5-12-19)23-16-8-15-22-21-14-7-6-13-20(21)17-24(22)23/h1-2,4-8,11-16,18-19,25H,3,9-10,17H2. The van der Waals surface area contributed by atoms with Gasteiger partial charge in [0.15, 0.2) is 0 Å². The Bertz CT molecular complexity index is 869. The van der Waals surface area contributed by atoms with Gasteiger partial charge in [0, 0.05) is 5.92 Å². The molecule has 0 bridgehead atoms. The molecule has 0 aliphatic heterocycles. The predicted octanol–water partition coefficient (Wildman–Crippen LogP) is 6.44. The molecular weight excluding hydrogens is 300 g/mol. The summed E-state index contributed by atoms with van der Waals surface area (Å²) in [6.45, 7) is 0. The lowest BCUT2D eigenvalue weighted by Gasteiger charge is -2.33. The minimum atomic E-state index is 0.548. The van der Waals surface area contributed by atoms with Gasteiger partial charge in [-0.15, -0.1) is 0 Å². The summed E-state index contributed by atoms with van der Waals surface area (Å²) in [7, 11) is 0. The van der Waals surface area contributed by atoms with Crippen LogP contribution in [0.2, 0.25) is 0 Å². The first kappa shape index (κ1) is 15.0. The molecule has 2 unspecified atom stereocenters. The van der Waals surface area contributed by atoms with Gasteiger partial charge in [0.1, 0.15) is 0 Å². The van der Waals surface area contributed by atoms with Gasteiger partial charge in [-0.05, 0) is 65.3 Å². The third-order valence-electron chi connectivity index (χ3n) is 6.26. The Morgan fingerprint density at radius 1 is 0.840 bits per heavy atom. The van der Waals surface area contributed by atoms with Crippen LogP contribution < -0.4 is 0 Å². The second kappa shape index (κ2) is 6.19. The van der Waals surface area contributed by atoms with Crippen LogP contribution in [0.15, 0.2) is 78.9 Å². The Labute approximate surface area is 150 Å². The maximum Gasteiger partial charge on any atom is 0.00244 e. The van der Waals surface area contributed by atoms with Crippen molar-refractivity contribution in [1.29, 1.82) is 0 Å². The van der Waals surface area contributed by atoms with Crippen LogP contribution in [-0.4, -0.2) is 0 Å². The predicted molar refractivity (Wildman–Crippen MR) is 106 cm³/mol. The van der Waals surface area contributed by atoms with Crippen molar-refractivity contribution in [2.24, 2.45) is 11.8 Å². The van der Waals surface area contributed by atoms with Gasteiger partial charge in [0.2, 0.25) is 0 Å². The Morgan fingerprint density at radius 3 is 2.52 bits per heavy atom. The van der Waals surface area contributed by atoms with E-state index < -0.39 is 0 Å². The van der Waals surface area contributed by atoms with Gasteiger partial charge in [0.25, 0.3) is 0 Å². The summed E-state index contributed by atoms with van der Waals surface area (Å²) in [4.78, 5) is 0. The van der Waals surface area contributed by atoms with Crippen molar-refractivity contribution >= 4 is 0 Å². The zero-order valence-corrected chi connectivity index (χ0v) is 14.6. The highest BCUT2D eigenvalue weighted by molar-refractivity contribution is 5.78. The molecule has 25 heavy (non-hydrogen) atoms. The van der Waals surface area contributed by atoms with Crippen molar-refractivity contribution in [2.75, 3.05) is 0 Å². The smallest absolute Gasteiger partial charge is 0.00244 e. The summed E-state index contributed by atoms with van der Waals surface area (Å²) < 4.78 is 0. The molecule has 2 atom stereocenters.